The molecule has 3 rings (SSSR count). The van der Waals surface area contributed by atoms with Crippen LogP contribution in [0.3, 0.4) is 0 Å². The lowest BCUT2D eigenvalue weighted by atomic mass is 9.99. The molecule has 1 heterocycles. The first-order chi connectivity index (χ1) is 15.7. The average molecular weight is 464 g/mol. The number of carbonyl (C=O) groups excluding carboxylic acids is 2. The molecule has 5 heteroatoms. The minimum Gasteiger partial charge on any atom is -0.307 e. The van der Waals surface area contributed by atoms with Gasteiger partial charge in [0.2, 0.25) is 0 Å². The summed E-state index contributed by atoms with van der Waals surface area (Å²) in [7, 11) is 0. The number of carbonyl (C=O) groups is 2. The van der Waals surface area contributed by atoms with Gasteiger partial charge < -0.3 is 14.5 Å². The zero-order valence-corrected chi connectivity index (χ0v) is 21.4. The molecule has 0 radical (unpaired) electrons. The number of benzene rings is 2. The maximum Gasteiger partial charge on any atom is 0.126 e. The van der Waals surface area contributed by atoms with Gasteiger partial charge in [0.25, 0.3) is 0 Å². The molecule has 0 N–H and O–H groups in total. The zero-order chi connectivity index (χ0) is 25.8. The number of likely N-dealkylation sites (tertiary alicyclic amines) is 1. The van der Waals surface area contributed by atoms with Crippen molar-refractivity contribution in [3.8, 4) is 0 Å². The average Bonchev–Trinajstić information content (AvgIpc) is 2.80. The molecule has 1 aliphatic heterocycles. The fourth-order valence-corrected chi connectivity index (χ4v) is 3.41. The highest BCUT2D eigenvalue weighted by Crippen LogP contribution is 2.15. The third-order valence-corrected chi connectivity index (χ3v) is 5.35. The number of aryl methyl sites for hydroxylation is 4. The van der Waals surface area contributed by atoms with Gasteiger partial charge in [-0.15, -0.1) is 0 Å². The molecule has 0 amide bonds. The van der Waals surface area contributed by atoms with E-state index in [0.717, 1.165) is 12.0 Å². The third-order valence-electron chi connectivity index (χ3n) is 5.35. The van der Waals surface area contributed by atoms with Gasteiger partial charge in [0.1, 0.15) is 25.2 Å². The lowest BCUT2D eigenvalue weighted by Gasteiger charge is -2.28. The van der Waals surface area contributed by atoms with Gasteiger partial charge in [-0.2, -0.15) is 0 Å². The Morgan fingerprint density at radius 1 is 0.848 bits per heavy atom. The number of nitrogens with zero attached hydrogens (tertiary/aromatic N) is 1. The second kappa shape index (κ2) is 20.2. The fraction of sp³-hybridized carbons (Fsp3) is 0.500. The second-order valence-electron chi connectivity index (χ2n) is 8.24. The summed E-state index contributed by atoms with van der Waals surface area (Å²) in [5.41, 5.74) is 4.91. The van der Waals surface area contributed by atoms with Crippen molar-refractivity contribution in [2.75, 3.05) is 19.6 Å². The molecule has 1 aliphatic rings. The number of halogens is 2. The van der Waals surface area contributed by atoms with E-state index in [4.69, 9.17) is 9.59 Å². The van der Waals surface area contributed by atoms with Gasteiger partial charge in [-0.1, -0.05) is 51.0 Å². The van der Waals surface area contributed by atoms with Gasteiger partial charge in [-0.25, -0.2) is 8.78 Å². The van der Waals surface area contributed by atoms with Crippen molar-refractivity contribution in [2.45, 2.75) is 67.2 Å². The molecule has 0 bridgehead atoms. The molecule has 2 aromatic rings. The quantitative estimate of drug-likeness (QED) is 0.497. The normalized spacial score (nSPS) is 13.0. The van der Waals surface area contributed by atoms with E-state index in [1.165, 1.54) is 74.1 Å². The van der Waals surface area contributed by atoms with Crippen LogP contribution in [0, 0.1) is 38.3 Å². The van der Waals surface area contributed by atoms with Crippen LogP contribution in [0.4, 0.5) is 8.78 Å². The van der Waals surface area contributed by atoms with Crippen LogP contribution in [0.1, 0.15) is 62.3 Å². The Morgan fingerprint density at radius 3 is 1.79 bits per heavy atom. The summed E-state index contributed by atoms with van der Waals surface area (Å²) in [6.45, 7) is 20.7. The van der Waals surface area contributed by atoms with Crippen molar-refractivity contribution >= 4 is 13.6 Å². The van der Waals surface area contributed by atoms with Crippen LogP contribution < -0.4 is 0 Å². The molecule has 1 saturated heterocycles. The Hall–Kier alpha value is -2.40. The van der Waals surface area contributed by atoms with E-state index in [1.54, 1.807) is 6.92 Å². The van der Waals surface area contributed by atoms with Gasteiger partial charge in [-0.3, -0.25) is 0 Å². The van der Waals surface area contributed by atoms with Gasteiger partial charge >= 0.3 is 0 Å². The van der Waals surface area contributed by atoms with E-state index in [1.807, 2.05) is 13.6 Å². The number of piperidine rings is 1. The molecule has 0 aromatic heterocycles. The topological polar surface area (TPSA) is 37.4 Å². The summed E-state index contributed by atoms with van der Waals surface area (Å²) in [4.78, 5) is 18.5. The van der Waals surface area contributed by atoms with Gasteiger partial charge in [-0.05, 0) is 94.4 Å². The minimum atomic E-state index is -0.521. The van der Waals surface area contributed by atoms with Crippen molar-refractivity contribution in [3.63, 3.8) is 0 Å². The molecule has 1 fully saturated rings. The molecule has 0 atom stereocenters. The molecular weight excluding hydrogens is 420 g/mol. The first kappa shape index (κ1) is 32.8. The highest BCUT2D eigenvalue weighted by atomic mass is 19.1. The first-order valence-corrected chi connectivity index (χ1v) is 11.5. The summed E-state index contributed by atoms with van der Waals surface area (Å²) in [6.07, 6.45) is 5.28. The Bertz CT molecular complexity index is 707. The Balaban J connectivity index is 0. The van der Waals surface area contributed by atoms with Crippen LogP contribution in [0.2, 0.25) is 0 Å². The summed E-state index contributed by atoms with van der Waals surface area (Å²) in [5.74, 6) is -0.0622. The molecule has 3 nitrogen and oxygen atoms in total. The summed E-state index contributed by atoms with van der Waals surface area (Å²) in [5, 5.41) is 0. The van der Waals surface area contributed by atoms with Crippen LogP contribution >= 0.6 is 0 Å². The lowest BCUT2D eigenvalue weighted by molar-refractivity contribution is -0.0987. The van der Waals surface area contributed by atoms with Gasteiger partial charge in [0, 0.05) is 6.07 Å². The summed E-state index contributed by atoms with van der Waals surface area (Å²) >= 11 is 0. The maximum atomic E-state index is 12.2. The molecule has 186 valence electrons. The standard InChI is InChI=1S/C11H16.C8H17N.C7H6F2.2CH2O/c1-4-5-11-8-9(2)6-7-10(11)3;1-3-9-6-4-8(2)5-7-9;1-5-2-6(8)4-7(9)3-5;2*1-2/h6-8H,4-5H2,1-3H3;8H,3-7H2,1-2H3;2-4H,1H3;2*1H2. The fourth-order valence-electron chi connectivity index (χ4n) is 3.41. The van der Waals surface area contributed by atoms with E-state index < -0.39 is 11.6 Å². The van der Waals surface area contributed by atoms with E-state index in [9.17, 15) is 8.78 Å². The van der Waals surface area contributed by atoms with Gasteiger partial charge in [0.15, 0.2) is 0 Å². The van der Waals surface area contributed by atoms with Crippen LogP contribution in [-0.2, 0) is 16.0 Å². The Morgan fingerprint density at radius 2 is 1.36 bits per heavy atom. The van der Waals surface area contributed by atoms with E-state index in [2.05, 4.69) is 57.7 Å². The molecule has 33 heavy (non-hydrogen) atoms. The van der Waals surface area contributed by atoms with Crippen LogP contribution in [0.25, 0.3) is 0 Å². The minimum absolute atomic E-state index is 0.521. The van der Waals surface area contributed by atoms with Crippen LogP contribution in [0.15, 0.2) is 36.4 Å². The van der Waals surface area contributed by atoms with Crippen molar-refractivity contribution in [1.29, 1.82) is 0 Å². The van der Waals surface area contributed by atoms with Crippen molar-refractivity contribution in [2.24, 2.45) is 5.92 Å². The summed E-state index contributed by atoms with van der Waals surface area (Å²) < 4.78 is 24.4. The lowest BCUT2D eigenvalue weighted by Crippen LogP contribution is -2.32. The van der Waals surface area contributed by atoms with E-state index >= 15 is 0 Å². The molecule has 0 unspecified atom stereocenters. The monoisotopic (exact) mass is 463 g/mol. The predicted molar refractivity (Wildman–Crippen MR) is 136 cm³/mol. The SMILES string of the molecule is C=O.C=O.CCCc1cc(C)ccc1C.CCN1CCC(C)CC1.Cc1cc(F)cc(F)c1. The third kappa shape index (κ3) is 15.9. The molecule has 0 aliphatic carbocycles. The Kier molecular flexibility index (Phi) is 20.1. The van der Waals surface area contributed by atoms with E-state index in [0.29, 0.717) is 5.56 Å². The van der Waals surface area contributed by atoms with Crippen LogP contribution in [0.5, 0.6) is 0 Å². The highest BCUT2D eigenvalue weighted by molar-refractivity contribution is 5.30. The summed E-state index contributed by atoms with van der Waals surface area (Å²) in [6, 6.07) is 10.1. The largest absolute Gasteiger partial charge is 0.307 e. The molecule has 2 aromatic carbocycles. The first-order valence-electron chi connectivity index (χ1n) is 11.5. The predicted octanol–water partition coefficient (Wildman–Crippen LogP) is 6.90. The van der Waals surface area contributed by atoms with E-state index in [-0.39, 0.29) is 0 Å². The molecular formula is C28H43F2NO2. The molecule has 0 spiro atoms. The van der Waals surface area contributed by atoms with Gasteiger partial charge in [0.05, 0.1) is 0 Å². The molecule has 0 saturated carbocycles. The van der Waals surface area contributed by atoms with Crippen molar-refractivity contribution in [1.82, 2.24) is 4.90 Å². The smallest absolute Gasteiger partial charge is 0.126 e. The Labute approximate surface area is 200 Å². The zero-order valence-electron chi connectivity index (χ0n) is 21.4. The second-order valence-corrected chi connectivity index (χ2v) is 8.24. The van der Waals surface area contributed by atoms with Crippen molar-refractivity contribution < 1.29 is 18.4 Å². The number of hydrogen-bond acceptors (Lipinski definition) is 3. The number of hydrogen-bond donors (Lipinski definition) is 0. The van der Waals surface area contributed by atoms with Crippen LogP contribution in [-0.4, -0.2) is 38.1 Å². The number of rotatable bonds is 3. The maximum absolute atomic E-state index is 12.2. The highest BCUT2D eigenvalue weighted by Gasteiger charge is 2.12. The van der Waals surface area contributed by atoms with Crippen molar-refractivity contribution in [3.05, 3.63) is 70.3 Å².